The fourth-order valence-electron chi connectivity index (χ4n) is 1.65. The molecule has 1 amide bonds. The molecule has 0 saturated heterocycles. The van der Waals surface area contributed by atoms with E-state index in [1.165, 1.54) is 0 Å². The van der Waals surface area contributed by atoms with Gasteiger partial charge in [-0.3, -0.25) is 4.79 Å². The Kier molecular flexibility index (Phi) is 2.72. The predicted octanol–water partition coefficient (Wildman–Crippen LogP) is 1.06. The van der Waals surface area contributed by atoms with Gasteiger partial charge in [0.2, 0.25) is 5.91 Å². The second kappa shape index (κ2) is 3.85. The molecule has 0 radical (unpaired) electrons. The molecule has 0 bridgehead atoms. The highest BCUT2D eigenvalue weighted by Gasteiger charge is 2.39. The van der Waals surface area contributed by atoms with E-state index in [1.54, 1.807) is 0 Å². The minimum absolute atomic E-state index is 0.321. The number of carbonyl (C=O) groups excluding carboxylic acids is 1. The minimum Gasteiger partial charge on any atom is -0.393 e. The van der Waals surface area contributed by atoms with Gasteiger partial charge in [-0.2, -0.15) is 0 Å². The zero-order valence-electron chi connectivity index (χ0n) is 8.24. The van der Waals surface area contributed by atoms with Gasteiger partial charge < -0.3 is 10.6 Å². The summed E-state index contributed by atoms with van der Waals surface area (Å²) in [4.78, 5) is 14.4. The smallest absolute Gasteiger partial charge is 0.225 e. The van der Waals surface area contributed by atoms with Crippen LogP contribution in [0.4, 0.5) is 0 Å². The molecule has 0 atom stereocenters. The van der Waals surface area contributed by atoms with Gasteiger partial charge in [0.25, 0.3) is 0 Å². The van der Waals surface area contributed by atoms with Gasteiger partial charge in [-0.05, 0) is 25.7 Å². The molecule has 2 rings (SSSR count). The van der Waals surface area contributed by atoms with E-state index in [9.17, 15) is 4.79 Å². The lowest BCUT2D eigenvalue weighted by Crippen LogP contribution is -2.36. The summed E-state index contributed by atoms with van der Waals surface area (Å²) in [6.45, 7) is 0.731. The molecular formula is C10H16N2OS. The van der Waals surface area contributed by atoms with Crippen molar-refractivity contribution in [3.05, 3.63) is 0 Å². The molecule has 0 spiro atoms. The number of rotatable bonds is 5. The third-order valence-electron chi connectivity index (χ3n) is 2.80. The van der Waals surface area contributed by atoms with E-state index in [0.29, 0.717) is 29.3 Å². The van der Waals surface area contributed by atoms with Crippen molar-refractivity contribution in [2.75, 3.05) is 6.54 Å². The summed E-state index contributed by atoms with van der Waals surface area (Å²) in [5.41, 5.74) is 5.45. The molecular weight excluding hydrogens is 196 g/mol. The summed E-state index contributed by atoms with van der Waals surface area (Å²) in [6, 6.07) is 0.498. The van der Waals surface area contributed by atoms with Gasteiger partial charge >= 0.3 is 0 Å². The van der Waals surface area contributed by atoms with Gasteiger partial charge in [0.05, 0.1) is 4.99 Å². The average molecular weight is 212 g/mol. The third kappa shape index (κ3) is 2.44. The highest BCUT2D eigenvalue weighted by Crippen LogP contribution is 2.35. The van der Waals surface area contributed by atoms with E-state index in [4.69, 9.17) is 18.0 Å². The lowest BCUT2D eigenvalue weighted by Gasteiger charge is -2.22. The van der Waals surface area contributed by atoms with Crippen LogP contribution in [0.2, 0.25) is 0 Å². The van der Waals surface area contributed by atoms with Gasteiger partial charge in [-0.25, -0.2) is 0 Å². The Morgan fingerprint density at radius 1 is 1.36 bits per heavy atom. The second-order valence-corrected chi connectivity index (χ2v) is 4.78. The first-order chi connectivity index (χ1) is 6.68. The molecule has 4 heteroatoms. The number of amides is 1. The van der Waals surface area contributed by atoms with Crippen LogP contribution in [0, 0.1) is 5.92 Å². The number of nitrogens with two attached hydrogens (primary N) is 1. The van der Waals surface area contributed by atoms with Crippen LogP contribution >= 0.6 is 12.2 Å². The van der Waals surface area contributed by atoms with E-state index < -0.39 is 0 Å². The van der Waals surface area contributed by atoms with Crippen molar-refractivity contribution >= 4 is 23.1 Å². The average Bonchev–Trinajstić information content (AvgIpc) is 2.98. The fraction of sp³-hybridized carbons (Fsp3) is 0.800. The lowest BCUT2D eigenvalue weighted by molar-refractivity contribution is -0.133. The number of nitrogens with zero attached hydrogens (tertiary/aromatic N) is 1. The van der Waals surface area contributed by atoms with Gasteiger partial charge in [0.1, 0.15) is 0 Å². The van der Waals surface area contributed by atoms with Gasteiger partial charge in [-0.1, -0.05) is 12.2 Å². The van der Waals surface area contributed by atoms with Gasteiger partial charge in [0, 0.05) is 24.9 Å². The molecule has 2 aliphatic rings. The Hall–Kier alpha value is -0.640. The van der Waals surface area contributed by atoms with Crippen molar-refractivity contribution in [1.82, 2.24) is 4.90 Å². The number of hydrogen-bond acceptors (Lipinski definition) is 2. The number of thiocarbonyl (C=S) groups is 1. The molecule has 0 heterocycles. The maximum absolute atomic E-state index is 11.8. The Labute approximate surface area is 89.6 Å². The Balaban J connectivity index is 1.86. The van der Waals surface area contributed by atoms with E-state index in [1.807, 2.05) is 4.90 Å². The van der Waals surface area contributed by atoms with Crippen LogP contribution in [0.3, 0.4) is 0 Å². The summed E-state index contributed by atoms with van der Waals surface area (Å²) in [5.74, 6) is 0.658. The maximum atomic E-state index is 11.8. The summed E-state index contributed by atoms with van der Waals surface area (Å²) < 4.78 is 0. The van der Waals surface area contributed by atoms with Crippen LogP contribution in [0.25, 0.3) is 0 Å². The van der Waals surface area contributed by atoms with E-state index in [-0.39, 0.29) is 0 Å². The molecule has 14 heavy (non-hydrogen) atoms. The quantitative estimate of drug-likeness (QED) is 0.693. The summed E-state index contributed by atoms with van der Waals surface area (Å²) in [7, 11) is 0. The van der Waals surface area contributed by atoms with Crippen molar-refractivity contribution in [2.24, 2.45) is 11.7 Å². The van der Waals surface area contributed by atoms with Crippen molar-refractivity contribution < 1.29 is 4.79 Å². The molecule has 0 unspecified atom stereocenters. The first kappa shape index (κ1) is 9.90. The van der Waals surface area contributed by atoms with Gasteiger partial charge in [0.15, 0.2) is 0 Å². The number of hydrogen-bond donors (Lipinski definition) is 1. The van der Waals surface area contributed by atoms with E-state index in [2.05, 4.69) is 0 Å². The van der Waals surface area contributed by atoms with Crippen LogP contribution in [0.15, 0.2) is 0 Å². The zero-order chi connectivity index (χ0) is 10.1. The van der Waals surface area contributed by atoms with E-state index in [0.717, 1.165) is 32.2 Å². The van der Waals surface area contributed by atoms with E-state index >= 15 is 0 Å². The van der Waals surface area contributed by atoms with Crippen molar-refractivity contribution in [1.29, 1.82) is 0 Å². The Bertz CT molecular complexity index is 259. The molecule has 0 aromatic carbocycles. The molecule has 2 aliphatic carbocycles. The molecule has 0 aliphatic heterocycles. The molecule has 0 aromatic heterocycles. The lowest BCUT2D eigenvalue weighted by atomic mass is 10.3. The Morgan fingerprint density at radius 2 is 2.00 bits per heavy atom. The van der Waals surface area contributed by atoms with Crippen molar-refractivity contribution in [3.63, 3.8) is 0 Å². The largest absolute Gasteiger partial charge is 0.393 e. The normalized spacial score (nSPS) is 20.6. The first-order valence-electron chi connectivity index (χ1n) is 5.27. The SMILES string of the molecule is NC(=S)CCN(C(=O)C1CC1)C1CC1. The maximum Gasteiger partial charge on any atom is 0.225 e. The fourth-order valence-corrected chi connectivity index (χ4v) is 1.75. The Morgan fingerprint density at radius 3 is 2.43 bits per heavy atom. The molecule has 2 saturated carbocycles. The summed E-state index contributed by atoms with van der Waals surface area (Å²) in [5, 5.41) is 0. The first-order valence-corrected chi connectivity index (χ1v) is 5.68. The second-order valence-electron chi connectivity index (χ2n) is 4.25. The van der Waals surface area contributed by atoms with Crippen LogP contribution in [-0.4, -0.2) is 28.4 Å². The van der Waals surface area contributed by atoms with Crippen LogP contribution in [0.5, 0.6) is 0 Å². The molecule has 0 aromatic rings. The van der Waals surface area contributed by atoms with Crippen LogP contribution < -0.4 is 5.73 Å². The van der Waals surface area contributed by atoms with Crippen LogP contribution in [0.1, 0.15) is 32.1 Å². The molecule has 3 nitrogen and oxygen atoms in total. The topological polar surface area (TPSA) is 46.3 Å². The van der Waals surface area contributed by atoms with Crippen molar-refractivity contribution in [2.45, 2.75) is 38.1 Å². The van der Waals surface area contributed by atoms with Crippen molar-refractivity contribution in [3.8, 4) is 0 Å². The summed E-state index contributed by atoms with van der Waals surface area (Å²) >= 11 is 4.83. The minimum atomic E-state index is 0.321. The highest BCUT2D eigenvalue weighted by atomic mass is 32.1. The predicted molar refractivity (Wildman–Crippen MR) is 58.9 cm³/mol. The molecule has 2 N–H and O–H groups in total. The zero-order valence-corrected chi connectivity index (χ0v) is 9.05. The van der Waals surface area contributed by atoms with Gasteiger partial charge in [-0.15, -0.1) is 0 Å². The number of carbonyl (C=O) groups is 1. The highest BCUT2D eigenvalue weighted by molar-refractivity contribution is 7.80. The third-order valence-corrected chi connectivity index (χ3v) is 3.00. The molecule has 78 valence electrons. The summed E-state index contributed by atoms with van der Waals surface area (Å²) in [6.07, 6.45) is 5.15. The monoisotopic (exact) mass is 212 g/mol. The molecule has 2 fully saturated rings. The standard InChI is InChI=1S/C10H16N2OS/c11-9(14)5-6-12(8-3-4-8)10(13)7-1-2-7/h7-8H,1-6H2,(H2,11,14). The van der Waals surface area contributed by atoms with Crippen LogP contribution in [-0.2, 0) is 4.79 Å².